The molecule has 1 aliphatic rings. The van der Waals surface area contributed by atoms with Crippen LogP contribution in [0.3, 0.4) is 0 Å². The molecule has 0 aliphatic carbocycles. The zero-order valence-electron chi connectivity index (χ0n) is 12.1. The van der Waals surface area contributed by atoms with Crippen molar-refractivity contribution in [3.8, 4) is 0 Å². The third kappa shape index (κ3) is 3.20. The Morgan fingerprint density at radius 1 is 1.05 bits per heavy atom. The SMILES string of the molecule is NCC(c1ccccc1Br)N1CCCc2ccccc2C1. The molecule has 0 bridgehead atoms. The van der Waals surface area contributed by atoms with Gasteiger partial charge < -0.3 is 5.73 Å². The molecule has 0 radical (unpaired) electrons. The van der Waals surface area contributed by atoms with Gasteiger partial charge in [-0.1, -0.05) is 58.4 Å². The summed E-state index contributed by atoms with van der Waals surface area (Å²) in [6.07, 6.45) is 2.36. The number of nitrogens with zero attached hydrogens (tertiary/aromatic N) is 1. The molecule has 2 aromatic rings. The Kier molecular flexibility index (Phi) is 4.73. The second kappa shape index (κ2) is 6.73. The topological polar surface area (TPSA) is 29.3 Å². The third-order valence-corrected chi connectivity index (χ3v) is 5.03. The fourth-order valence-electron chi connectivity index (χ4n) is 3.21. The Labute approximate surface area is 135 Å². The van der Waals surface area contributed by atoms with Crippen LogP contribution in [0.2, 0.25) is 0 Å². The van der Waals surface area contributed by atoms with E-state index in [2.05, 4.69) is 69.4 Å². The lowest BCUT2D eigenvalue weighted by Crippen LogP contribution is -2.33. The van der Waals surface area contributed by atoms with E-state index in [0.717, 1.165) is 17.6 Å². The number of aryl methyl sites for hydroxylation is 1. The minimum atomic E-state index is 0.270. The lowest BCUT2D eigenvalue weighted by molar-refractivity contribution is 0.195. The first-order valence-corrected chi connectivity index (χ1v) is 8.34. The molecular formula is C18H21BrN2. The maximum absolute atomic E-state index is 6.11. The number of hydrogen-bond acceptors (Lipinski definition) is 2. The predicted molar refractivity (Wildman–Crippen MR) is 91.1 cm³/mol. The minimum absolute atomic E-state index is 0.270. The van der Waals surface area contributed by atoms with E-state index < -0.39 is 0 Å². The van der Waals surface area contributed by atoms with E-state index in [1.54, 1.807) is 0 Å². The molecule has 0 amide bonds. The molecule has 1 atom stereocenters. The zero-order valence-corrected chi connectivity index (χ0v) is 13.7. The van der Waals surface area contributed by atoms with Gasteiger partial charge in [-0.3, -0.25) is 4.90 Å². The van der Waals surface area contributed by atoms with Crippen LogP contribution < -0.4 is 5.73 Å². The number of hydrogen-bond donors (Lipinski definition) is 1. The van der Waals surface area contributed by atoms with Gasteiger partial charge in [0.2, 0.25) is 0 Å². The van der Waals surface area contributed by atoms with Crippen molar-refractivity contribution in [2.45, 2.75) is 25.4 Å². The van der Waals surface area contributed by atoms with E-state index in [0.29, 0.717) is 6.54 Å². The molecule has 2 aromatic carbocycles. The van der Waals surface area contributed by atoms with E-state index in [1.807, 2.05) is 0 Å². The highest BCUT2D eigenvalue weighted by Crippen LogP contribution is 2.30. The van der Waals surface area contributed by atoms with E-state index in [-0.39, 0.29) is 6.04 Å². The highest BCUT2D eigenvalue weighted by Gasteiger charge is 2.23. The summed E-state index contributed by atoms with van der Waals surface area (Å²) in [6.45, 7) is 2.72. The van der Waals surface area contributed by atoms with Gasteiger partial charge in [0.15, 0.2) is 0 Å². The molecule has 0 saturated heterocycles. The Morgan fingerprint density at radius 3 is 2.52 bits per heavy atom. The highest BCUT2D eigenvalue weighted by atomic mass is 79.9. The van der Waals surface area contributed by atoms with Crippen LogP contribution in [0.5, 0.6) is 0 Å². The summed E-state index contributed by atoms with van der Waals surface area (Å²) in [6, 6.07) is 17.5. The van der Waals surface area contributed by atoms with Gasteiger partial charge >= 0.3 is 0 Å². The quantitative estimate of drug-likeness (QED) is 0.914. The predicted octanol–water partition coefficient (Wildman–Crippen LogP) is 3.90. The van der Waals surface area contributed by atoms with Crippen molar-refractivity contribution in [2.75, 3.05) is 13.1 Å². The average Bonchev–Trinajstić information content (AvgIpc) is 2.72. The molecule has 1 aliphatic heterocycles. The van der Waals surface area contributed by atoms with Gasteiger partial charge in [0, 0.05) is 23.6 Å². The second-order valence-corrected chi connectivity index (χ2v) is 6.47. The second-order valence-electron chi connectivity index (χ2n) is 5.62. The van der Waals surface area contributed by atoms with Crippen LogP contribution in [0.1, 0.15) is 29.2 Å². The fraction of sp³-hybridized carbons (Fsp3) is 0.333. The maximum atomic E-state index is 6.11. The summed E-state index contributed by atoms with van der Waals surface area (Å²) in [5.74, 6) is 0. The summed E-state index contributed by atoms with van der Waals surface area (Å²) < 4.78 is 1.15. The molecule has 21 heavy (non-hydrogen) atoms. The van der Waals surface area contributed by atoms with Crippen molar-refractivity contribution < 1.29 is 0 Å². The molecule has 0 aromatic heterocycles. The van der Waals surface area contributed by atoms with E-state index in [4.69, 9.17) is 5.73 Å². The Morgan fingerprint density at radius 2 is 1.76 bits per heavy atom. The molecule has 1 heterocycles. The van der Waals surface area contributed by atoms with Crippen LogP contribution in [0.25, 0.3) is 0 Å². The number of benzene rings is 2. The lowest BCUT2D eigenvalue weighted by Gasteiger charge is -2.31. The van der Waals surface area contributed by atoms with E-state index in [1.165, 1.54) is 29.5 Å². The molecule has 1 unspecified atom stereocenters. The summed E-state index contributed by atoms with van der Waals surface area (Å²) in [5.41, 5.74) is 10.3. The Hall–Kier alpha value is -1.16. The molecule has 3 heteroatoms. The van der Waals surface area contributed by atoms with Crippen molar-refractivity contribution in [1.29, 1.82) is 0 Å². The normalized spacial score (nSPS) is 17.0. The third-order valence-electron chi connectivity index (χ3n) is 4.31. The molecule has 0 spiro atoms. The van der Waals surface area contributed by atoms with E-state index >= 15 is 0 Å². The average molecular weight is 345 g/mol. The van der Waals surface area contributed by atoms with Crippen LogP contribution in [-0.2, 0) is 13.0 Å². The van der Waals surface area contributed by atoms with Gasteiger partial charge in [-0.05, 0) is 42.1 Å². The lowest BCUT2D eigenvalue weighted by atomic mass is 10.0. The fourth-order valence-corrected chi connectivity index (χ4v) is 3.76. The van der Waals surface area contributed by atoms with Gasteiger partial charge in [-0.15, -0.1) is 0 Å². The van der Waals surface area contributed by atoms with Crippen molar-refractivity contribution in [3.05, 3.63) is 69.7 Å². The van der Waals surface area contributed by atoms with Crippen LogP contribution in [0, 0.1) is 0 Å². The number of nitrogens with two attached hydrogens (primary N) is 1. The zero-order chi connectivity index (χ0) is 14.7. The summed E-state index contributed by atoms with van der Waals surface area (Å²) >= 11 is 3.67. The van der Waals surface area contributed by atoms with Crippen molar-refractivity contribution >= 4 is 15.9 Å². The first-order valence-electron chi connectivity index (χ1n) is 7.55. The van der Waals surface area contributed by atoms with Crippen LogP contribution in [0.15, 0.2) is 53.0 Å². The van der Waals surface area contributed by atoms with Gasteiger partial charge in [-0.2, -0.15) is 0 Å². The Balaban J connectivity index is 1.90. The number of halogens is 1. The van der Waals surface area contributed by atoms with E-state index in [9.17, 15) is 0 Å². The number of fused-ring (bicyclic) bond motifs is 1. The standard InChI is InChI=1S/C18H21BrN2/c19-17-10-4-3-9-16(17)18(12-20)21-11-5-8-14-6-1-2-7-15(14)13-21/h1-4,6-7,9-10,18H,5,8,11-13,20H2. The van der Waals surface area contributed by atoms with Crippen LogP contribution in [0.4, 0.5) is 0 Å². The molecule has 0 fully saturated rings. The molecule has 110 valence electrons. The van der Waals surface area contributed by atoms with Crippen LogP contribution in [-0.4, -0.2) is 18.0 Å². The summed E-state index contributed by atoms with van der Waals surface area (Å²) in [7, 11) is 0. The van der Waals surface area contributed by atoms with Crippen molar-refractivity contribution in [1.82, 2.24) is 4.90 Å². The monoisotopic (exact) mass is 344 g/mol. The first-order chi connectivity index (χ1) is 10.3. The maximum Gasteiger partial charge on any atom is 0.0485 e. The van der Waals surface area contributed by atoms with Gasteiger partial charge in [-0.25, -0.2) is 0 Å². The van der Waals surface area contributed by atoms with Crippen LogP contribution >= 0.6 is 15.9 Å². The van der Waals surface area contributed by atoms with Gasteiger partial charge in [0.05, 0.1) is 0 Å². The van der Waals surface area contributed by atoms with Gasteiger partial charge in [0.1, 0.15) is 0 Å². The molecule has 2 N–H and O–H groups in total. The molecule has 3 rings (SSSR count). The number of rotatable bonds is 3. The molecule has 0 saturated carbocycles. The molecule has 2 nitrogen and oxygen atoms in total. The smallest absolute Gasteiger partial charge is 0.0485 e. The van der Waals surface area contributed by atoms with Crippen molar-refractivity contribution in [2.24, 2.45) is 5.73 Å². The van der Waals surface area contributed by atoms with Gasteiger partial charge in [0.25, 0.3) is 0 Å². The highest BCUT2D eigenvalue weighted by molar-refractivity contribution is 9.10. The molecular weight excluding hydrogens is 324 g/mol. The first kappa shape index (κ1) is 14.8. The largest absolute Gasteiger partial charge is 0.329 e. The summed E-state index contributed by atoms with van der Waals surface area (Å²) in [4.78, 5) is 2.52. The summed E-state index contributed by atoms with van der Waals surface area (Å²) in [5, 5.41) is 0. The van der Waals surface area contributed by atoms with Crippen molar-refractivity contribution in [3.63, 3.8) is 0 Å². The Bertz CT molecular complexity index is 612. The minimum Gasteiger partial charge on any atom is -0.329 e.